The van der Waals surface area contributed by atoms with Gasteiger partial charge in [-0.05, 0) is 73.5 Å². The fraction of sp³-hybridized carbons (Fsp3) is 0.478. The highest BCUT2D eigenvalue weighted by molar-refractivity contribution is 14.1. The van der Waals surface area contributed by atoms with Crippen molar-refractivity contribution in [3.8, 4) is 11.5 Å². The predicted octanol–water partition coefficient (Wildman–Crippen LogP) is 3.85. The summed E-state index contributed by atoms with van der Waals surface area (Å²) in [6.45, 7) is 10.6. The van der Waals surface area contributed by atoms with Crippen molar-refractivity contribution >= 4 is 28.6 Å². The molecule has 1 aliphatic heterocycles. The summed E-state index contributed by atoms with van der Waals surface area (Å²) in [7, 11) is 0. The lowest BCUT2D eigenvalue weighted by atomic mass is 10.1. The highest BCUT2D eigenvalue weighted by Crippen LogP contribution is 2.32. The number of hydrogen-bond acceptors (Lipinski definition) is 6. The molecule has 0 radical (unpaired) electrons. The van der Waals surface area contributed by atoms with Gasteiger partial charge >= 0.3 is 5.97 Å². The Balaban J connectivity index is 1.84. The van der Waals surface area contributed by atoms with E-state index in [9.17, 15) is 9.59 Å². The number of nitrogens with one attached hydrogen (secondary N) is 1. The van der Waals surface area contributed by atoms with E-state index in [0.717, 1.165) is 28.9 Å². The monoisotopic (exact) mass is 540 g/mol. The van der Waals surface area contributed by atoms with Gasteiger partial charge in [0, 0.05) is 30.9 Å². The smallest absolute Gasteiger partial charge is 0.308 e. The van der Waals surface area contributed by atoms with E-state index >= 15 is 0 Å². The number of morpholine rings is 1. The number of nitrogens with zero attached hydrogens (tertiary/aromatic N) is 1. The van der Waals surface area contributed by atoms with Crippen molar-refractivity contribution in [2.24, 2.45) is 0 Å². The minimum absolute atomic E-state index is 0.164. The topological polar surface area (TPSA) is 80.9 Å². The van der Waals surface area contributed by atoms with Crippen LogP contribution in [0, 0.1) is 24.3 Å². The first kappa shape index (κ1) is 23.7. The van der Waals surface area contributed by atoms with Gasteiger partial charge in [0.1, 0.15) is 9.32 Å². The molecule has 8 heteroatoms. The average molecular weight is 540 g/mol. The van der Waals surface area contributed by atoms with E-state index in [1.807, 2.05) is 55.5 Å². The lowest BCUT2D eigenvalue weighted by Gasteiger charge is -2.33. The molecule has 3 rings (SSSR count). The van der Waals surface area contributed by atoms with Gasteiger partial charge in [0.2, 0.25) is 0 Å². The third kappa shape index (κ3) is 6.30. The number of halogens is 1. The summed E-state index contributed by atoms with van der Waals surface area (Å²) in [6, 6.07) is 6.01. The molecule has 1 saturated heterocycles. The highest BCUT2D eigenvalue weighted by Gasteiger charge is 2.26. The molecule has 168 valence electrons. The van der Waals surface area contributed by atoms with Crippen LogP contribution in [-0.4, -0.2) is 48.3 Å². The first-order valence-corrected chi connectivity index (χ1v) is 11.5. The Morgan fingerprint density at radius 3 is 2.65 bits per heavy atom. The van der Waals surface area contributed by atoms with Crippen LogP contribution >= 0.6 is 22.6 Å². The summed E-state index contributed by atoms with van der Waals surface area (Å²) in [5, 5.41) is 0. The number of ether oxygens (including phenoxy) is 3. The number of aromatic amines is 1. The van der Waals surface area contributed by atoms with Gasteiger partial charge in [0.15, 0.2) is 5.75 Å². The Morgan fingerprint density at radius 2 is 1.97 bits per heavy atom. The van der Waals surface area contributed by atoms with Crippen LogP contribution in [0.5, 0.6) is 11.5 Å². The molecule has 7 nitrogen and oxygen atoms in total. The standard InChI is InChI=1S/C23H29IN2O5/c1-5-29-20(27)11-18-12-26(6-7-30-18)13-19-16(4)25-23(28)21(24)22(19)31-17-9-14(2)8-15(3)10-17/h8-10,18H,5-7,11-13H2,1-4H3,(H,25,28). The Hall–Kier alpha value is -1.91. The summed E-state index contributed by atoms with van der Waals surface area (Å²) in [4.78, 5) is 29.4. The van der Waals surface area contributed by atoms with Gasteiger partial charge in [-0.15, -0.1) is 0 Å². The number of aryl methyl sites for hydroxylation is 3. The first-order chi connectivity index (χ1) is 14.8. The molecule has 1 fully saturated rings. The molecule has 2 heterocycles. The van der Waals surface area contributed by atoms with Crippen LogP contribution in [0.15, 0.2) is 23.0 Å². The number of esters is 1. The van der Waals surface area contributed by atoms with Crippen molar-refractivity contribution in [2.45, 2.75) is 46.8 Å². The van der Waals surface area contributed by atoms with E-state index in [1.54, 1.807) is 6.92 Å². The summed E-state index contributed by atoms with van der Waals surface area (Å²) in [6.07, 6.45) is 0.0250. The normalized spacial score (nSPS) is 16.9. The van der Waals surface area contributed by atoms with Crippen LogP contribution in [0.3, 0.4) is 0 Å². The minimum Gasteiger partial charge on any atom is -0.466 e. The molecule has 0 spiro atoms. The van der Waals surface area contributed by atoms with Crippen molar-refractivity contribution in [2.75, 3.05) is 26.3 Å². The summed E-state index contributed by atoms with van der Waals surface area (Å²) < 4.78 is 17.6. The number of benzene rings is 1. The van der Waals surface area contributed by atoms with Crippen molar-refractivity contribution < 1.29 is 19.0 Å². The zero-order valence-corrected chi connectivity index (χ0v) is 20.6. The third-order valence-electron chi connectivity index (χ3n) is 5.15. The zero-order valence-electron chi connectivity index (χ0n) is 18.4. The second kappa shape index (κ2) is 10.6. The molecule has 1 aromatic carbocycles. The number of carbonyl (C=O) groups excluding carboxylic acids is 1. The van der Waals surface area contributed by atoms with Crippen LogP contribution in [0.2, 0.25) is 0 Å². The maximum atomic E-state index is 12.4. The predicted molar refractivity (Wildman–Crippen MR) is 127 cm³/mol. The summed E-state index contributed by atoms with van der Waals surface area (Å²) >= 11 is 2.04. The number of hydrogen-bond donors (Lipinski definition) is 1. The van der Waals surface area contributed by atoms with Gasteiger partial charge < -0.3 is 19.2 Å². The molecule has 31 heavy (non-hydrogen) atoms. The first-order valence-electron chi connectivity index (χ1n) is 10.4. The van der Waals surface area contributed by atoms with E-state index in [-0.39, 0.29) is 24.1 Å². The Kier molecular flexibility index (Phi) is 8.12. The molecule has 0 amide bonds. The van der Waals surface area contributed by atoms with Crippen LogP contribution in [-0.2, 0) is 20.8 Å². The maximum absolute atomic E-state index is 12.4. The molecule has 1 aliphatic rings. The highest BCUT2D eigenvalue weighted by atomic mass is 127. The molecule has 1 unspecified atom stereocenters. The van der Waals surface area contributed by atoms with E-state index in [0.29, 0.717) is 41.4 Å². The molecule has 0 aliphatic carbocycles. The average Bonchev–Trinajstić information content (AvgIpc) is 2.68. The van der Waals surface area contributed by atoms with Crippen molar-refractivity contribution in [1.29, 1.82) is 0 Å². The van der Waals surface area contributed by atoms with Crippen molar-refractivity contribution in [3.63, 3.8) is 0 Å². The SMILES string of the molecule is CCOC(=O)CC1CN(Cc2c(C)[nH]c(=O)c(I)c2Oc2cc(C)cc(C)c2)CCO1. The molecular formula is C23H29IN2O5. The summed E-state index contributed by atoms with van der Waals surface area (Å²) in [5.74, 6) is 1.05. The number of carbonyl (C=O) groups is 1. The Bertz CT molecular complexity index is 984. The number of H-pyrrole nitrogens is 1. The van der Waals surface area contributed by atoms with E-state index in [1.165, 1.54) is 0 Å². The molecular weight excluding hydrogens is 511 g/mol. The van der Waals surface area contributed by atoms with Gasteiger partial charge in [-0.1, -0.05) is 6.07 Å². The van der Waals surface area contributed by atoms with Gasteiger partial charge in [-0.2, -0.15) is 0 Å². The second-order valence-corrected chi connectivity index (χ2v) is 8.94. The quantitative estimate of drug-likeness (QED) is 0.425. The lowest BCUT2D eigenvalue weighted by molar-refractivity contribution is -0.148. The van der Waals surface area contributed by atoms with Gasteiger partial charge in [-0.25, -0.2) is 0 Å². The number of aromatic nitrogens is 1. The molecule has 0 bridgehead atoms. The van der Waals surface area contributed by atoms with E-state index in [2.05, 4.69) is 16.0 Å². The van der Waals surface area contributed by atoms with Crippen LogP contribution in [0.4, 0.5) is 0 Å². The van der Waals surface area contributed by atoms with Gasteiger partial charge in [0.05, 0.1) is 25.7 Å². The molecule has 1 aromatic heterocycles. The third-order valence-corrected chi connectivity index (χ3v) is 6.13. The zero-order chi connectivity index (χ0) is 22.5. The van der Waals surface area contributed by atoms with Crippen LogP contribution in [0.25, 0.3) is 0 Å². The Morgan fingerprint density at radius 1 is 1.26 bits per heavy atom. The second-order valence-electron chi connectivity index (χ2n) is 7.86. The van der Waals surface area contributed by atoms with E-state index in [4.69, 9.17) is 14.2 Å². The summed E-state index contributed by atoms with van der Waals surface area (Å²) in [5.41, 5.74) is 3.74. The van der Waals surface area contributed by atoms with Crippen LogP contribution < -0.4 is 10.3 Å². The molecule has 1 N–H and O–H groups in total. The van der Waals surface area contributed by atoms with Gasteiger partial charge in [-0.3, -0.25) is 14.5 Å². The fourth-order valence-corrected chi connectivity index (χ4v) is 4.36. The van der Waals surface area contributed by atoms with Crippen molar-refractivity contribution in [1.82, 2.24) is 9.88 Å². The fourth-order valence-electron chi connectivity index (χ4n) is 3.79. The largest absolute Gasteiger partial charge is 0.466 e. The van der Waals surface area contributed by atoms with Crippen molar-refractivity contribution in [3.05, 3.63) is 54.5 Å². The molecule has 2 aromatic rings. The van der Waals surface area contributed by atoms with Gasteiger partial charge in [0.25, 0.3) is 5.56 Å². The van der Waals surface area contributed by atoms with E-state index < -0.39 is 0 Å². The Labute approximate surface area is 196 Å². The number of rotatable bonds is 7. The lowest BCUT2D eigenvalue weighted by Crippen LogP contribution is -2.43. The molecule has 0 saturated carbocycles. The molecule has 1 atom stereocenters. The minimum atomic E-state index is -0.247. The number of pyridine rings is 1. The maximum Gasteiger partial charge on any atom is 0.308 e. The van der Waals surface area contributed by atoms with Crippen LogP contribution in [0.1, 0.15) is 35.7 Å².